The van der Waals surface area contributed by atoms with Gasteiger partial charge in [-0.1, -0.05) is 6.85 Å². The van der Waals surface area contributed by atoms with E-state index in [1.807, 2.05) is 0 Å². The highest BCUT2D eigenvalue weighted by Crippen LogP contribution is 2.31. The van der Waals surface area contributed by atoms with Crippen molar-refractivity contribution in [2.24, 2.45) is 0 Å². The van der Waals surface area contributed by atoms with E-state index in [-0.39, 0.29) is 30.0 Å². The van der Waals surface area contributed by atoms with Gasteiger partial charge in [0.2, 0.25) is 5.91 Å². The topological polar surface area (TPSA) is 122 Å². The SMILES string of the molecule is [2H]C([2H])([2H])C([2H])([2H])C(=O)Nc1ncnc2c1ncn2[C@@H]1O[C@H](CO)C[C@H]1O. The number of anilines is 1. The van der Waals surface area contributed by atoms with Gasteiger partial charge in [-0.3, -0.25) is 9.36 Å². The summed E-state index contributed by atoms with van der Waals surface area (Å²) >= 11 is 0. The van der Waals surface area contributed by atoms with Gasteiger partial charge < -0.3 is 20.3 Å². The number of ether oxygens (including phenoxy) is 1. The second kappa shape index (κ2) is 5.95. The Morgan fingerprint density at radius 3 is 3.23 bits per heavy atom. The van der Waals surface area contributed by atoms with Crippen LogP contribution in [0.1, 0.15) is 32.7 Å². The van der Waals surface area contributed by atoms with Crippen LogP contribution in [0.5, 0.6) is 0 Å². The smallest absolute Gasteiger partial charge is 0.225 e. The number of imidazole rings is 1. The first-order valence-electron chi connectivity index (χ1n) is 8.99. The maximum Gasteiger partial charge on any atom is 0.225 e. The molecule has 9 nitrogen and oxygen atoms in total. The number of aliphatic hydroxyl groups excluding tert-OH is 2. The Kier molecular flexibility index (Phi) is 2.66. The van der Waals surface area contributed by atoms with Crippen molar-refractivity contribution in [1.82, 2.24) is 19.5 Å². The maximum atomic E-state index is 12.1. The molecule has 1 amide bonds. The second-order valence-electron chi connectivity index (χ2n) is 4.76. The van der Waals surface area contributed by atoms with Crippen molar-refractivity contribution in [2.75, 3.05) is 11.9 Å². The molecule has 2 aromatic heterocycles. The van der Waals surface area contributed by atoms with Gasteiger partial charge in [-0.2, -0.15) is 0 Å². The predicted octanol–water partition coefficient (Wildman–Crippen LogP) is -0.185. The summed E-state index contributed by atoms with van der Waals surface area (Å²) in [5.41, 5.74) is 0.243. The lowest BCUT2D eigenvalue weighted by atomic mass is 10.2. The van der Waals surface area contributed by atoms with Crippen LogP contribution in [-0.4, -0.2) is 54.5 Å². The molecule has 22 heavy (non-hydrogen) atoms. The second-order valence-corrected chi connectivity index (χ2v) is 4.76. The Morgan fingerprint density at radius 1 is 1.64 bits per heavy atom. The summed E-state index contributed by atoms with van der Waals surface area (Å²) in [4.78, 5) is 24.0. The number of hydrogen-bond donors (Lipinski definition) is 3. The van der Waals surface area contributed by atoms with Gasteiger partial charge in [-0.25, -0.2) is 15.0 Å². The van der Waals surface area contributed by atoms with Gasteiger partial charge in [0.05, 0.1) is 19.0 Å². The third kappa shape index (κ3) is 2.54. The summed E-state index contributed by atoms with van der Waals surface area (Å²) in [6.07, 6.45) is -2.88. The maximum absolute atomic E-state index is 12.1. The number of carbonyl (C=O) groups is 1. The monoisotopic (exact) mass is 312 g/mol. The Bertz CT molecular complexity index is 857. The Labute approximate surface area is 133 Å². The first-order valence-corrected chi connectivity index (χ1v) is 6.49. The summed E-state index contributed by atoms with van der Waals surface area (Å²) < 4.78 is 43.4. The summed E-state index contributed by atoms with van der Waals surface area (Å²) in [5.74, 6) is -1.57. The molecule has 0 radical (unpaired) electrons. The lowest BCUT2D eigenvalue weighted by molar-refractivity contribution is -0.115. The molecule has 1 fully saturated rings. The van der Waals surface area contributed by atoms with Gasteiger partial charge in [0, 0.05) is 19.6 Å². The molecule has 0 saturated carbocycles. The normalized spacial score (nSPS) is 29.4. The molecule has 1 saturated heterocycles. The van der Waals surface area contributed by atoms with E-state index < -0.39 is 37.6 Å². The van der Waals surface area contributed by atoms with Crippen molar-refractivity contribution in [3.63, 3.8) is 0 Å². The largest absolute Gasteiger partial charge is 0.394 e. The molecule has 9 heteroatoms. The van der Waals surface area contributed by atoms with Gasteiger partial charge in [-0.15, -0.1) is 0 Å². The van der Waals surface area contributed by atoms with Crippen LogP contribution in [0.2, 0.25) is 0 Å². The fourth-order valence-corrected chi connectivity index (χ4v) is 2.37. The summed E-state index contributed by atoms with van der Waals surface area (Å²) in [5, 5.41) is 21.4. The van der Waals surface area contributed by atoms with E-state index in [0.717, 1.165) is 6.33 Å². The molecule has 2 aromatic rings. The van der Waals surface area contributed by atoms with Gasteiger partial charge in [0.25, 0.3) is 0 Å². The number of amides is 1. The van der Waals surface area contributed by atoms with Gasteiger partial charge in [-0.05, 0) is 0 Å². The molecule has 3 N–H and O–H groups in total. The number of carbonyl (C=O) groups excluding carboxylic acids is 1. The van der Waals surface area contributed by atoms with Crippen LogP contribution < -0.4 is 5.32 Å². The Hall–Kier alpha value is -2.10. The number of hydrogen-bond acceptors (Lipinski definition) is 7. The third-order valence-corrected chi connectivity index (χ3v) is 3.35. The van der Waals surface area contributed by atoms with Crippen LogP contribution in [-0.2, 0) is 9.53 Å². The molecule has 3 rings (SSSR count). The fraction of sp³-hybridized carbons (Fsp3) is 0.538. The lowest BCUT2D eigenvalue weighted by Crippen LogP contribution is -2.19. The standard InChI is InChI=1S/C13H17N5O4/c1-2-9(21)17-11-10-12(15-5-14-11)18(6-16-10)13-8(20)3-7(4-19)22-13/h5-8,13,19-20H,2-4H2,1H3,(H,14,15,17,21)/t7-,8+,13+/m0/s1/i1D3,2D2. The zero-order valence-electron chi connectivity index (χ0n) is 16.3. The molecule has 118 valence electrons. The zero-order valence-corrected chi connectivity index (χ0v) is 11.3. The average molecular weight is 312 g/mol. The number of aliphatic hydroxyl groups is 2. The first-order chi connectivity index (χ1) is 12.6. The quantitative estimate of drug-likeness (QED) is 0.715. The number of nitrogens with one attached hydrogen (secondary N) is 1. The van der Waals surface area contributed by atoms with Gasteiger partial charge in [0.1, 0.15) is 12.4 Å². The van der Waals surface area contributed by atoms with E-state index in [1.54, 1.807) is 0 Å². The number of aromatic nitrogens is 4. The highest BCUT2D eigenvalue weighted by molar-refractivity contribution is 5.96. The highest BCUT2D eigenvalue weighted by Gasteiger charge is 2.36. The van der Waals surface area contributed by atoms with E-state index in [1.165, 1.54) is 10.9 Å². The van der Waals surface area contributed by atoms with Crippen molar-refractivity contribution in [3.05, 3.63) is 12.7 Å². The Balaban J connectivity index is 1.92. The molecule has 3 atom stereocenters. The Morgan fingerprint density at radius 2 is 2.50 bits per heavy atom. The number of fused-ring (bicyclic) bond motifs is 1. The molecule has 0 aliphatic carbocycles. The molecule has 0 bridgehead atoms. The van der Waals surface area contributed by atoms with E-state index >= 15 is 0 Å². The van der Waals surface area contributed by atoms with Gasteiger partial charge >= 0.3 is 0 Å². The summed E-state index contributed by atoms with van der Waals surface area (Å²) in [7, 11) is 0. The molecular formula is C13H17N5O4. The van der Waals surface area contributed by atoms with Crippen molar-refractivity contribution in [3.8, 4) is 0 Å². The minimum Gasteiger partial charge on any atom is -0.394 e. The minimum absolute atomic E-state index is 0.0652. The molecule has 0 unspecified atom stereocenters. The minimum atomic E-state index is -3.16. The van der Waals surface area contributed by atoms with Crippen molar-refractivity contribution in [2.45, 2.75) is 38.1 Å². The van der Waals surface area contributed by atoms with E-state index in [9.17, 15) is 15.0 Å². The van der Waals surface area contributed by atoms with Crippen LogP contribution in [0.25, 0.3) is 11.2 Å². The summed E-state index contributed by atoms with van der Waals surface area (Å²) in [6.45, 7) is -3.43. The van der Waals surface area contributed by atoms with Crippen LogP contribution >= 0.6 is 0 Å². The first kappa shape index (κ1) is 9.82. The predicted molar refractivity (Wildman–Crippen MR) is 75.9 cm³/mol. The van der Waals surface area contributed by atoms with E-state index in [4.69, 9.17) is 11.6 Å². The highest BCUT2D eigenvalue weighted by atomic mass is 16.5. The number of rotatable bonds is 4. The molecule has 0 spiro atoms. The van der Waals surface area contributed by atoms with Crippen LogP contribution in [0.4, 0.5) is 5.82 Å². The van der Waals surface area contributed by atoms with Gasteiger partial charge in [0.15, 0.2) is 23.2 Å². The average Bonchev–Trinajstić information content (AvgIpc) is 3.17. The summed E-state index contributed by atoms with van der Waals surface area (Å²) in [6, 6.07) is 0. The number of nitrogens with zero attached hydrogens (tertiary/aromatic N) is 4. The van der Waals surface area contributed by atoms with Crippen molar-refractivity contribution >= 4 is 22.9 Å². The molecule has 0 aromatic carbocycles. The van der Waals surface area contributed by atoms with Crippen molar-refractivity contribution < 1.29 is 26.6 Å². The molecular weight excluding hydrogens is 290 g/mol. The molecule has 3 heterocycles. The molecule has 1 aliphatic rings. The van der Waals surface area contributed by atoms with Crippen molar-refractivity contribution in [1.29, 1.82) is 0 Å². The van der Waals surface area contributed by atoms with E-state index in [0.29, 0.717) is 0 Å². The third-order valence-electron chi connectivity index (χ3n) is 3.35. The van der Waals surface area contributed by atoms with Crippen LogP contribution in [0.3, 0.4) is 0 Å². The zero-order chi connectivity index (χ0) is 20.0. The van der Waals surface area contributed by atoms with E-state index in [2.05, 4.69) is 20.3 Å². The van der Waals surface area contributed by atoms with Crippen LogP contribution in [0, 0.1) is 0 Å². The fourth-order valence-electron chi connectivity index (χ4n) is 2.37. The van der Waals surface area contributed by atoms with Crippen LogP contribution in [0.15, 0.2) is 12.7 Å². The lowest BCUT2D eigenvalue weighted by Gasteiger charge is -2.16. The molecule has 1 aliphatic heterocycles.